The van der Waals surface area contributed by atoms with Crippen LogP contribution in [0.5, 0.6) is 0 Å². The predicted molar refractivity (Wildman–Crippen MR) is 144 cm³/mol. The highest BCUT2D eigenvalue weighted by Crippen LogP contribution is 2.47. The largest absolute Gasteiger partial charge is 0.345 e. The second kappa shape index (κ2) is 9.99. The van der Waals surface area contributed by atoms with Crippen LogP contribution in [0, 0.1) is 5.92 Å². The molecule has 0 radical (unpaired) electrons. The molecule has 38 heavy (non-hydrogen) atoms. The van der Waals surface area contributed by atoms with Crippen molar-refractivity contribution in [3.05, 3.63) is 65.2 Å². The van der Waals surface area contributed by atoms with Crippen LogP contribution in [0.15, 0.2) is 47.8 Å². The van der Waals surface area contributed by atoms with Crippen LogP contribution >= 0.6 is 0 Å². The zero-order chi connectivity index (χ0) is 27.2. The fourth-order valence-electron chi connectivity index (χ4n) is 4.92. The van der Waals surface area contributed by atoms with Gasteiger partial charge >= 0.3 is 0 Å². The molecular weight excluding hydrogens is 526 g/mol. The maximum Gasteiger partial charge on any atom is 0.253 e. The lowest BCUT2D eigenvalue weighted by Crippen LogP contribution is -2.30. The van der Waals surface area contributed by atoms with E-state index in [-0.39, 0.29) is 23.8 Å². The van der Waals surface area contributed by atoms with Gasteiger partial charge in [0.2, 0.25) is 20.0 Å². The van der Waals surface area contributed by atoms with Crippen LogP contribution in [0.4, 0.5) is 0 Å². The monoisotopic (exact) mass is 557 g/mol. The Hall–Kier alpha value is -2.93. The van der Waals surface area contributed by atoms with E-state index in [0.717, 1.165) is 24.8 Å². The molecule has 0 unspecified atom stereocenters. The maximum atomic E-state index is 13.6. The molecule has 2 heterocycles. The molecule has 5 rings (SSSR count). The van der Waals surface area contributed by atoms with Gasteiger partial charge in [-0.3, -0.25) is 14.8 Å². The molecule has 0 bridgehead atoms. The minimum atomic E-state index is -3.92. The van der Waals surface area contributed by atoms with Gasteiger partial charge in [0, 0.05) is 53.6 Å². The van der Waals surface area contributed by atoms with Crippen molar-refractivity contribution >= 4 is 36.7 Å². The molecule has 12 heteroatoms. The average Bonchev–Trinajstić information content (AvgIpc) is 3.66. The second-order valence-electron chi connectivity index (χ2n) is 10.5. The lowest BCUT2D eigenvalue weighted by atomic mass is 9.99. The molecule has 1 fully saturated rings. The predicted octanol–water partition coefficient (Wildman–Crippen LogP) is 2.91. The molecule has 3 N–H and O–H groups in total. The van der Waals surface area contributed by atoms with Crippen LogP contribution in [0.3, 0.4) is 0 Å². The molecule has 202 valence electrons. The van der Waals surface area contributed by atoms with E-state index in [1.165, 1.54) is 6.20 Å². The fourth-order valence-corrected chi connectivity index (χ4v) is 7.10. The van der Waals surface area contributed by atoms with Crippen LogP contribution < -0.4 is 14.8 Å². The molecule has 1 saturated carbocycles. The van der Waals surface area contributed by atoms with Crippen molar-refractivity contribution in [3.63, 3.8) is 0 Å². The number of hydrogen-bond donors (Lipinski definition) is 3. The zero-order valence-electron chi connectivity index (χ0n) is 21.4. The summed E-state index contributed by atoms with van der Waals surface area (Å²) in [7, 11) is -7.54. The van der Waals surface area contributed by atoms with Gasteiger partial charge in [-0.15, -0.1) is 0 Å². The summed E-state index contributed by atoms with van der Waals surface area (Å²) in [6.07, 6.45) is 7.93. The Balaban J connectivity index is 1.68. The van der Waals surface area contributed by atoms with Crippen molar-refractivity contribution in [1.82, 2.24) is 24.7 Å². The number of nitrogens with one attached hydrogen (secondary N) is 3. The van der Waals surface area contributed by atoms with Crippen molar-refractivity contribution < 1.29 is 21.6 Å². The molecule has 0 spiro atoms. The van der Waals surface area contributed by atoms with E-state index in [1.54, 1.807) is 30.6 Å². The summed E-state index contributed by atoms with van der Waals surface area (Å²) >= 11 is 0. The highest BCUT2D eigenvalue weighted by molar-refractivity contribution is 7.89. The molecular formula is C26H31N5O5S2. The van der Waals surface area contributed by atoms with Gasteiger partial charge in [-0.2, -0.15) is 0 Å². The van der Waals surface area contributed by atoms with Gasteiger partial charge in [-0.1, -0.05) is 13.8 Å². The highest BCUT2D eigenvalue weighted by Gasteiger charge is 2.38. The number of carbonyl (C=O) groups is 1. The van der Waals surface area contributed by atoms with Gasteiger partial charge in [0.15, 0.2) is 0 Å². The van der Waals surface area contributed by atoms with Crippen LogP contribution in [-0.4, -0.2) is 45.5 Å². The number of rotatable bonds is 9. The maximum absolute atomic E-state index is 13.6. The van der Waals surface area contributed by atoms with Crippen molar-refractivity contribution in [2.24, 2.45) is 5.92 Å². The topological polar surface area (TPSA) is 147 Å². The molecule has 2 aliphatic carbocycles. The summed E-state index contributed by atoms with van der Waals surface area (Å²) < 4.78 is 57.1. The van der Waals surface area contributed by atoms with Crippen molar-refractivity contribution in [2.45, 2.75) is 56.0 Å². The molecule has 0 aliphatic heterocycles. The Morgan fingerprint density at radius 2 is 1.84 bits per heavy atom. The quantitative estimate of drug-likeness (QED) is 0.366. The fraction of sp³-hybridized carbons (Fsp3) is 0.423. The van der Waals surface area contributed by atoms with Crippen LogP contribution in [0.2, 0.25) is 0 Å². The Morgan fingerprint density at radius 1 is 1.08 bits per heavy atom. The van der Waals surface area contributed by atoms with E-state index in [9.17, 15) is 21.6 Å². The van der Waals surface area contributed by atoms with Crippen LogP contribution in [0.1, 0.15) is 78.3 Å². The number of pyridine rings is 2. The summed E-state index contributed by atoms with van der Waals surface area (Å²) in [5.74, 6) is 0.00556. The Kier molecular flexibility index (Phi) is 7.01. The van der Waals surface area contributed by atoms with E-state index in [1.807, 2.05) is 19.9 Å². The van der Waals surface area contributed by atoms with Crippen molar-refractivity contribution in [2.75, 3.05) is 12.8 Å². The molecule has 0 saturated heterocycles. The number of sulfonamides is 2. The summed E-state index contributed by atoms with van der Waals surface area (Å²) in [5.41, 5.74) is 2.34. The van der Waals surface area contributed by atoms with E-state index < -0.39 is 38.0 Å². The number of hydrogen-bond acceptors (Lipinski definition) is 7. The molecule has 1 amide bonds. The van der Waals surface area contributed by atoms with Gasteiger partial charge in [-0.05, 0) is 60.6 Å². The van der Waals surface area contributed by atoms with Crippen LogP contribution in [0.25, 0.3) is 10.8 Å². The third-order valence-corrected chi connectivity index (χ3v) is 9.00. The number of nitrogens with zero attached hydrogens (tertiary/aromatic N) is 2. The Labute approximate surface area is 222 Å². The standard InChI is InChI=1S/C26H31N5O5S2/c1-15(2)12-29-38(35,36)24-10-19-22(30-26(32)17-5-4-8-27-13-17)11-23(31-37(3,33)34)25(19)20-14-28-21(9-18(20)24)16-6-7-16/h4-5,8-10,13-16,22-23,29,31H,6-7,11-12H2,1-3H3,(H,30,32)/t22-,23-/m0/s1. The first-order valence-electron chi connectivity index (χ1n) is 12.6. The Bertz CT molecular complexity index is 1600. The normalized spacial score (nSPS) is 19.6. The van der Waals surface area contributed by atoms with Crippen molar-refractivity contribution in [1.29, 1.82) is 0 Å². The van der Waals surface area contributed by atoms with E-state index in [0.29, 0.717) is 33.4 Å². The van der Waals surface area contributed by atoms with Gasteiger partial charge in [-0.25, -0.2) is 26.3 Å². The molecule has 3 aromatic rings. The zero-order valence-corrected chi connectivity index (χ0v) is 23.1. The average molecular weight is 558 g/mol. The summed E-state index contributed by atoms with van der Waals surface area (Å²) in [6, 6.07) is 5.36. The summed E-state index contributed by atoms with van der Waals surface area (Å²) in [4.78, 5) is 21.7. The van der Waals surface area contributed by atoms with E-state index in [2.05, 4.69) is 24.7 Å². The number of aromatic nitrogens is 2. The lowest BCUT2D eigenvalue weighted by Gasteiger charge is -2.19. The second-order valence-corrected chi connectivity index (χ2v) is 14.0. The minimum absolute atomic E-state index is 0.0943. The third kappa shape index (κ3) is 5.58. The highest BCUT2D eigenvalue weighted by atomic mass is 32.2. The molecule has 2 aromatic heterocycles. The first-order valence-corrected chi connectivity index (χ1v) is 15.9. The number of amides is 1. The summed E-state index contributed by atoms with van der Waals surface area (Å²) in [6.45, 7) is 4.11. The lowest BCUT2D eigenvalue weighted by molar-refractivity contribution is 0.0935. The summed E-state index contributed by atoms with van der Waals surface area (Å²) in [5, 5.41) is 4.00. The molecule has 10 nitrogen and oxygen atoms in total. The molecule has 2 aliphatic rings. The number of fused-ring (bicyclic) bond motifs is 3. The molecule has 2 atom stereocenters. The third-order valence-electron chi connectivity index (χ3n) is 6.83. The van der Waals surface area contributed by atoms with Gasteiger partial charge in [0.1, 0.15) is 0 Å². The van der Waals surface area contributed by atoms with E-state index in [4.69, 9.17) is 0 Å². The number of carbonyl (C=O) groups excluding carboxylic acids is 1. The van der Waals surface area contributed by atoms with Gasteiger partial charge in [0.05, 0.1) is 22.8 Å². The first kappa shape index (κ1) is 26.7. The molecule has 1 aromatic carbocycles. The van der Waals surface area contributed by atoms with Crippen LogP contribution in [-0.2, 0) is 20.0 Å². The van der Waals surface area contributed by atoms with Crippen molar-refractivity contribution in [3.8, 4) is 0 Å². The first-order chi connectivity index (χ1) is 17.9. The van der Waals surface area contributed by atoms with Gasteiger partial charge in [0.25, 0.3) is 5.91 Å². The Morgan fingerprint density at radius 3 is 2.47 bits per heavy atom. The van der Waals surface area contributed by atoms with E-state index >= 15 is 0 Å². The number of benzene rings is 1. The SMILES string of the molecule is CC(C)CNS(=O)(=O)c1cc2c(c3cnc(C4CC4)cc13)[C@@H](NS(C)(=O)=O)C[C@@H]2NC(=O)c1cccnc1. The van der Waals surface area contributed by atoms with Gasteiger partial charge < -0.3 is 5.32 Å². The minimum Gasteiger partial charge on any atom is -0.345 e. The smallest absolute Gasteiger partial charge is 0.253 e.